The summed E-state index contributed by atoms with van der Waals surface area (Å²) in [7, 11) is 0. The second kappa shape index (κ2) is 6.66. The Labute approximate surface area is 139 Å². The van der Waals surface area contributed by atoms with E-state index in [0.29, 0.717) is 12.1 Å². The summed E-state index contributed by atoms with van der Waals surface area (Å²) in [6.07, 6.45) is 0.350. The van der Waals surface area contributed by atoms with Crippen molar-refractivity contribution in [2.75, 3.05) is 4.90 Å². The third-order valence-corrected chi connectivity index (χ3v) is 3.99. The van der Waals surface area contributed by atoms with Gasteiger partial charge in [-0.15, -0.1) is 0 Å². The van der Waals surface area contributed by atoms with Gasteiger partial charge in [-0.05, 0) is 17.2 Å². The van der Waals surface area contributed by atoms with Gasteiger partial charge in [-0.2, -0.15) is 0 Å². The van der Waals surface area contributed by atoms with Gasteiger partial charge < -0.3 is 4.74 Å². The third kappa shape index (κ3) is 3.06. The minimum absolute atomic E-state index is 0.134. The largest absolute Gasteiger partial charge is 0.459 e. The van der Waals surface area contributed by atoms with E-state index in [4.69, 9.17) is 4.74 Å². The molecule has 0 aliphatic carbocycles. The topological polar surface area (TPSA) is 63.7 Å². The van der Waals surface area contributed by atoms with E-state index in [9.17, 15) is 14.4 Å². The molecule has 1 atom stereocenters. The van der Waals surface area contributed by atoms with Gasteiger partial charge in [0.05, 0.1) is 0 Å². The summed E-state index contributed by atoms with van der Waals surface area (Å²) in [4.78, 5) is 37.6. The zero-order valence-corrected chi connectivity index (χ0v) is 13.3. The fourth-order valence-electron chi connectivity index (χ4n) is 2.82. The molecule has 5 nitrogen and oxygen atoms in total. The van der Waals surface area contributed by atoms with E-state index in [1.807, 2.05) is 42.5 Å². The summed E-state index contributed by atoms with van der Waals surface area (Å²) >= 11 is 0. The van der Waals surface area contributed by atoms with Crippen molar-refractivity contribution in [3.05, 3.63) is 65.7 Å². The SMILES string of the molecule is CC(=O)C(=O)N1c2ccccc2C[C@H]1C(=O)OCc1ccccc1. The average molecular weight is 323 g/mol. The van der Waals surface area contributed by atoms with Crippen molar-refractivity contribution < 1.29 is 19.1 Å². The molecule has 2 aromatic rings. The van der Waals surface area contributed by atoms with Gasteiger partial charge in [-0.1, -0.05) is 48.5 Å². The molecular weight excluding hydrogens is 306 g/mol. The van der Waals surface area contributed by atoms with E-state index in [1.165, 1.54) is 11.8 Å². The molecule has 24 heavy (non-hydrogen) atoms. The molecule has 3 rings (SSSR count). The number of anilines is 1. The number of para-hydroxylation sites is 1. The summed E-state index contributed by atoms with van der Waals surface area (Å²) in [6, 6.07) is 15.7. The van der Waals surface area contributed by atoms with E-state index in [2.05, 4.69) is 0 Å². The Hall–Kier alpha value is -2.95. The lowest BCUT2D eigenvalue weighted by atomic mass is 10.1. The van der Waals surface area contributed by atoms with Gasteiger partial charge >= 0.3 is 5.97 Å². The number of benzene rings is 2. The number of ketones is 1. The zero-order chi connectivity index (χ0) is 17.1. The average Bonchev–Trinajstić information content (AvgIpc) is 2.99. The minimum atomic E-state index is -0.803. The highest BCUT2D eigenvalue weighted by atomic mass is 16.5. The number of fused-ring (bicyclic) bond motifs is 1. The van der Waals surface area contributed by atoms with Crippen molar-refractivity contribution >= 4 is 23.3 Å². The number of rotatable bonds is 4. The number of nitrogens with zero attached hydrogens (tertiary/aromatic N) is 1. The Morgan fingerprint density at radius 1 is 1.04 bits per heavy atom. The summed E-state index contributed by atoms with van der Waals surface area (Å²) < 4.78 is 5.36. The van der Waals surface area contributed by atoms with Crippen LogP contribution in [0.4, 0.5) is 5.69 Å². The van der Waals surface area contributed by atoms with Gasteiger partial charge in [0.15, 0.2) is 0 Å². The summed E-state index contributed by atoms with van der Waals surface area (Å²) in [5, 5.41) is 0. The summed E-state index contributed by atoms with van der Waals surface area (Å²) in [5.74, 6) is -1.81. The molecule has 0 aromatic heterocycles. The lowest BCUT2D eigenvalue weighted by Crippen LogP contribution is -2.46. The van der Waals surface area contributed by atoms with Crippen LogP contribution in [0.2, 0.25) is 0 Å². The van der Waals surface area contributed by atoms with Crippen LogP contribution in [0.5, 0.6) is 0 Å². The zero-order valence-electron chi connectivity index (χ0n) is 13.3. The molecule has 2 aromatic carbocycles. The van der Waals surface area contributed by atoms with Gasteiger partial charge in [0.25, 0.3) is 5.91 Å². The van der Waals surface area contributed by atoms with Gasteiger partial charge in [0.1, 0.15) is 12.6 Å². The maximum Gasteiger partial charge on any atom is 0.329 e. The van der Waals surface area contributed by atoms with Crippen molar-refractivity contribution in [1.82, 2.24) is 0 Å². The lowest BCUT2D eigenvalue weighted by Gasteiger charge is -2.23. The molecule has 5 heteroatoms. The first-order valence-electron chi connectivity index (χ1n) is 7.70. The highest BCUT2D eigenvalue weighted by Gasteiger charge is 2.40. The van der Waals surface area contributed by atoms with Crippen molar-refractivity contribution in [1.29, 1.82) is 0 Å². The van der Waals surface area contributed by atoms with Crippen LogP contribution in [-0.4, -0.2) is 23.7 Å². The lowest BCUT2D eigenvalue weighted by molar-refractivity contribution is -0.147. The number of carbonyl (C=O) groups is 3. The maximum atomic E-state index is 12.5. The molecule has 1 heterocycles. The number of hydrogen-bond donors (Lipinski definition) is 0. The van der Waals surface area contributed by atoms with Crippen LogP contribution in [0.15, 0.2) is 54.6 Å². The molecule has 1 amide bonds. The highest BCUT2D eigenvalue weighted by Crippen LogP contribution is 2.32. The van der Waals surface area contributed by atoms with Crippen LogP contribution in [0.1, 0.15) is 18.1 Å². The summed E-state index contributed by atoms with van der Waals surface area (Å²) in [6.45, 7) is 1.34. The Bertz CT molecular complexity index is 785. The van der Waals surface area contributed by atoms with Gasteiger partial charge in [0.2, 0.25) is 5.78 Å². The number of carbonyl (C=O) groups excluding carboxylic acids is 3. The molecule has 1 aliphatic heterocycles. The van der Waals surface area contributed by atoms with Crippen molar-refractivity contribution in [2.45, 2.75) is 26.0 Å². The number of amides is 1. The fourth-order valence-corrected chi connectivity index (χ4v) is 2.82. The first-order valence-corrected chi connectivity index (χ1v) is 7.70. The normalized spacial score (nSPS) is 15.7. The van der Waals surface area contributed by atoms with E-state index in [-0.39, 0.29) is 6.61 Å². The monoisotopic (exact) mass is 323 g/mol. The molecule has 0 spiro atoms. The number of esters is 1. The van der Waals surface area contributed by atoms with Crippen molar-refractivity contribution in [2.24, 2.45) is 0 Å². The predicted octanol–water partition coefficient (Wildman–Crippen LogP) is 2.28. The second-order valence-corrected chi connectivity index (χ2v) is 5.67. The maximum absolute atomic E-state index is 12.5. The first kappa shape index (κ1) is 15.9. The Kier molecular flexibility index (Phi) is 4.42. The minimum Gasteiger partial charge on any atom is -0.459 e. The Morgan fingerprint density at radius 2 is 1.71 bits per heavy atom. The van der Waals surface area contributed by atoms with Crippen LogP contribution < -0.4 is 4.90 Å². The van der Waals surface area contributed by atoms with Crippen molar-refractivity contribution in [3.8, 4) is 0 Å². The van der Waals surface area contributed by atoms with Crippen LogP contribution in [0.3, 0.4) is 0 Å². The highest BCUT2D eigenvalue weighted by molar-refractivity contribution is 6.41. The smallest absolute Gasteiger partial charge is 0.329 e. The quantitative estimate of drug-likeness (QED) is 0.640. The molecule has 0 fully saturated rings. The molecule has 0 bridgehead atoms. The van der Waals surface area contributed by atoms with Crippen LogP contribution >= 0.6 is 0 Å². The Morgan fingerprint density at radius 3 is 2.42 bits per heavy atom. The number of ether oxygens (including phenoxy) is 1. The second-order valence-electron chi connectivity index (χ2n) is 5.67. The van der Waals surface area contributed by atoms with E-state index >= 15 is 0 Å². The molecule has 0 saturated heterocycles. The fraction of sp³-hybridized carbons (Fsp3) is 0.211. The van der Waals surface area contributed by atoms with Gasteiger partial charge in [0, 0.05) is 19.0 Å². The molecule has 1 aliphatic rings. The number of hydrogen-bond acceptors (Lipinski definition) is 4. The molecule has 0 radical (unpaired) electrons. The van der Waals surface area contributed by atoms with Crippen LogP contribution in [0, 0.1) is 0 Å². The van der Waals surface area contributed by atoms with E-state index < -0.39 is 23.7 Å². The van der Waals surface area contributed by atoms with Crippen LogP contribution in [-0.2, 0) is 32.1 Å². The first-order chi connectivity index (χ1) is 11.6. The van der Waals surface area contributed by atoms with E-state index in [1.54, 1.807) is 12.1 Å². The standard InChI is InChI=1S/C19H17NO4/c1-13(21)18(22)20-16-10-6-5-9-15(16)11-17(20)19(23)24-12-14-7-3-2-4-8-14/h2-10,17H,11-12H2,1H3/t17-/m0/s1. The van der Waals surface area contributed by atoms with Gasteiger partial charge in [-0.3, -0.25) is 14.5 Å². The van der Waals surface area contributed by atoms with E-state index in [0.717, 1.165) is 11.1 Å². The third-order valence-electron chi connectivity index (χ3n) is 3.99. The molecular formula is C19H17NO4. The molecule has 122 valence electrons. The molecule has 0 N–H and O–H groups in total. The predicted molar refractivity (Wildman–Crippen MR) is 88.3 cm³/mol. The number of Topliss-reactive ketones (excluding diaryl/α,β-unsaturated/α-hetero) is 1. The van der Waals surface area contributed by atoms with Gasteiger partial charge in [-0.25, -0.2) is 4.79 Å². The van der Waals surface area contributed by atoms with Crippen molar-refractivity contribution in [3.63, 3.8) is 0 Å². The summed E-state index contributed by atoms with van der Waals surface area (Å²) in [5.41, 5.74) is 2.32. The molecule has 0 unspecified atom stereocenters. The Balaban J connectivity index is 1.80. The molecule has 0 saturated carbocycles. The van der Waals surface area contributed by atoms with Crippen LogP contribution in [0.25, 0.3) is 0 Å².